The minimum absolute atomic E-state index is 0.318. The van der Waals surface area contributed by atoms with Crippen LogP contribution in [0.2, 0.25) is 0 Å². The maximum atomic E-state index is 11.3. The standard InChI is InChI=1S/C10H19NO/c1-8(2)9-4-5-10(12)11(3)7-6-9/h8-9H,4-7H2,1-3H3/t9-/m0/s1. The van der Waals surface area contributed by atoms with Crippen LogP contribution in [0.15, 0.2) is 0 Å². The van der Waals surface area contributed by atoms with Crippen LogP contribution in [0.5, 0.6) is 0 Å². The Morgan fingerprint density at radius 2 is 2.08 bits per heavy atom. The maximum absolute atomic E-state index is 11.3. The molecule has 1 heterocycles. The fraction of sp³-hybridized carbons (Fsp3) is 0.900. The van der Waals surface area contributed by atoms with Crippen molar-refractivity contribution in [3.8, 4) is 0 Å². The number of hydrogen-bond acceptors (Lipinski definition) is 1. The van der Waals surface area contributed by atoms with E-state index >= 15 is 0 Å². The third-order valence-corrected chi connectivity index (χ3v) is 2.93. The van der Waals surface area contributed by atoms with Crippen LogP contribution in [0.25, 0.3) is 0 Å². The van der Waals surface area contributed by atoms with Gasteiger partial charge in [-0.05, 0) is 24.7 Å². The average molecular weight is 169 g/mol. The molecule has 0 radical (unpaired) electrons. The molecule has 2 nitrogen and oxygen atoms in total. The Labute approximate surface area is 74.9 Å². The Hall–Kier alpha value is -0.530. The molecule has 0 aromatic rings. The van der Waals surface area contributed by atoms with E-state index in [9.17, 15) is 4.79 Å². The van der Waals surface area contributed by atoms with E-state index in [1.165, 1.54) is 6.42 Å². The lowest BCUT2D eigenvalue weighted by molar-refractivity contribution is -0.129. The second-order valence-corrected chi connectivity index (χ2v) is 4.15. The molecule has 0 aliphatic carbocycles. The van der Waals surface area contributed by atoms with Gasteiger partial charge in [0.05, 0.1) is 0 Å². The molecule has 2 heteroatoms. The summed E-state index contributed by atoms with van der Waals surface area (Å²) in [5, 5.41) is 0. The van der Waals surface area contributed by atoms with E-state index in [2.05, 4.69) is 13.8 Å². The molecule has 0 aromatic heterocycles. The van der Waals surface area contributed by atoms with Crippen LogP contribution in [0.3, 0.4) is 0 Å². The average Bonchev–Trinajstić information content (AvgIpc) is 2.16. The molecule has 0 unspecified atom stereocenters. The zero-order valence-electron chi connectivity index (χ0n) is 8.34. The molecule has 1 aliphatic heterocycles. The van der Waals surface area contributed by atoms with Crippen LogP contribution >= 0.6 is 0 Å². The SMILES string of the molecule is CC(C)[C@H]1CCC(=O)N(C)CC1. The van der Waals surface area contributed by atoms with E-state index in [-0.39, 0.29) is 0 Å². The Balaban J connectivity index is 2.49. The Morgan fingerprint density at radius 3 is 2.67 bits per heavy atom. The third-order valence-electron chi connectivity index (χ3n) is 2.93. The predicted molar refractivity (Wildman–Crippen MR) is 49.8 cm³/mol. The number of carbonyl (C=O) groups excluding carboxylic acids is 1. The monoisotopic (exact) mass is 169 g/mol. The molecule has 0 saturated carbocycles. The summed E-state index contributed by atoms with van der Waals surface area (Å²) < 4.78 is 0. The van der Waals surface area contributed by atoms with Crippen molar-refractivity contribution in [2.45, 2.75) is 33.1 Å². The summed E-state index contributed by atoms with van der Waals surface area (Å²) in [5.74, 6) is 1.79. The van der Waals surface area contributed by atoms with Gasteiger partial charge in [-0.1, -0.05) is 13.8 Å². The highest BCUT2D eigenvalue weighted by Crippen LogP contribution is 2.24. The normalized spacial score (nSPS) is 26.2. The van der Waals surface area contributed by atoms with Crippen molar-refractivity contribution in [2.75, 3.05) is 13.6 Å². The van der Waals surface area contributed by atoms with E-state index in [1.807, 2.05) is 11.9 Å². The number of amides is 1. The molecule has 1 saturated heterocycles. The first-order valence-electron chi connectivity index (χ1n) is 4.85. The van der Waals surface area contributed by atoms with E-state index in [0.29, 0.717) is 5.91 Å². The van der Waals surface area contributed by atoms with E-state index in [4.69, 9.17) is 0 Å². The molecule has 1 rings (SSSR count). The van der Waals surface area contributed by atoms with E-state index in [0.717, 1.165) is 31.2 Å². The number of hydrogen-bond donors (Lipinski definition) is 0. The van der Waals surface area contributed by atoms with Gasteiger partial charge in [-0.25, -0.2) is 0 Å². The first kappa shape index (κ1) is 9.56. The molecule has 0 spiro atoms. The van der Waals surface area contributed by atoms with Crippen LogP contribution in [0.4, 0.5) is 0 Å². The molecule has 70 valence electrons. The van der Waals surface area contributed by atoms with Gasteiger partial charge >= 0.3 is 0 Å². The van der Waals surface area contributed by atoms with Crippen LogP contribution in [-0.2, 0) is 4.79 Å². The first-order chi connectivity index (χ1) is 5.61. The number of nitrogens with zero attached hydrogens (tertiary/aromatic N) is 1. The van der Waals surface area contributed by atoms with Gasteiger partial charge in [0.25, 0.3) is 0 Å². The van der Waals surface area contributed by atoms with Gasteiger partial charge in [-0.3, -0.25) is 4.79 Å². The van der Waals surface area contributed by atoms with Crippen LogP contribution < -0.4 is 0 Å². The molecule has 1 atom stereocenters. The van der Waals surface area contributed by atoms with E-state index < -0.39 is 0 Å². The van der Waals surface area contributed by atoms with Gasteiger partial charge < -0.3 is 4.90 Å². The van der Waals surface area contributed by atoms with Gasteiger partial charge in [0.2, 0.25) is 5.91 Å². The van der Waals surface area contributed by atoms with Crippen LogP contribution in [0, 0.1) is 11.8 Å². The largest absolute Gasteiger partial charge is 0.346 e. The zero-order valence-corrected chi connectivity index (χ0v) is 8.34. The zero-order chi connectivity index (χ0) is 9.14. The van der Waals surface area contributed by atoms with Crippen molar-refractivity contribution < 1.29 is 4.79 Å². The molecule has 1 amide bonds. The van der Waals surface area contributed by atoms with Gasteiger partial charge in [-0.15, -0.1) is 0 Å². The number of likely N-dealkylation sites (tertiary alicyclic amines) is 1. The maximum Gasteiger partial charge on any atom is 0.222 e. The topological polar surface area (TPSA) is 20.3 Å². The Morgan fingerprint density at radius 1 is 1.42 bits per heavy atom. The quantitative estimate of drug-likeness (QED) is 0.587. The summed E-state index contributed by atoms with van der Waals surface area (Å²) in [4.78, 5) is 13.2. The lowest BCUT2D eigenvalue weighted by Gasteiger charge is -2.17. The van der Waals surface area contributed by atoms with Crippen molar-refractivity contribution in [3.05, 3.63) is 0 Å². The van der Waals surface area contributed by atoms with Gasteiger partial charge in [-0.2, -0.15) is 0 Å². The Bertz CT molecular complexity index is 165. The smallest absolute Gasteiger partial charge is 0.222 e. The molecule has 0 N–H and O–H groups in total. The Kier molecular flexibility index (Phi) is 3.12. The summed E-state index contributed by atoms with van der Waals surface area (Å²) in [7, 11) is 1.91. The lowest BCUT2D eigenvalue weighted by Crippen LogP contribution is -2.25. The van der Waals surface area contributed by atoms with Gasteiger partial charge in [0, 0.05) is 20.0 Å². The second-order valence-electron chi connectivity index (χ2n) is 4.15. The lowest BCUT2D eigenvalue weighted by atomic mass is 9.89. The molecule has 1 fully saturated rings. The summed E-state index contributed by atoms with van der Waals surface area (Å²) in [6, 6.07) is 0. The molecule has 0 aromatic carbocycles. The molecule has 0 bridgehead atoms. The van der Waals surface area contributed by atoms with Gasteiger partial charge in [0.1, 0.15) is 0 Å². The van der Waals surface area contributed by atoms with Crippen LogP contribution in [0.1, 0.15) is 33.1 Å². The van der Waals surface area contributed by atoms with E-state index in [1.54, 1.807) is 0 Å². The van der Waals surface area contributed by atoms with Crippen LogP contribution in [-0.4, -0.2) is 24.4 Å². The minimum atomic E-state index is 0.318. The van der Waals surface area contributed by atoms with Crippen molar-refractivity contribution in [2.24, 2.45) is 11.8 Å². The second kappa shape index (κ2) is 3.92. The van der Waals surface area contributed by atoms with Crippen molar-refractivity contribution in [3.63, 3.8) is 0 Å². The molecule has 1 aliphatic rings. The van der Waals surface area contributed by atoms with Crippen molar-refractivity contribution in [1.29, 1.82) is 0 Å². The highest BCUT2D eigenvalue weighted by Gasteiger charge is 2.21. The molecule has 12 heavy (non-hydrogen) atoms. The highest BCUT2D eigenvalue weighted by molar-refractivity contribution is 5.76. The fourth-order valence-corrected chi connectivity index (χ4v) is 1.79. The first-order valence-corrected chi connectivity index (χ1v) is 4.85. The highest BCUT2D eigenvalue weighted by atomic mass is 16.2. The van der Waals surface area contributed by atoms with Crippen molar-refractivity contribution in [1.82, 2.24) is 4.90 Å². The van der Waals surface area contributed by atoms with Gasteiger partial charge in [0.15, 0.2) is 0 Å². The van der Waals surface area contributed by atoms with Crippen molar-refractivity contribution >= 4 is 5.91 Å². The summed E-state index contributed by atoms with van der Waals surface area (Å²) in [5.41, 5.74) is 0. The fourth-order valence-electron chi connectivity index (χ4n) is 1.79. The summed E-state index contributed by atoms with van der Waals surface area (Å²) >= 11 is 0. The number of carbonyl (C=O) groups is 1. The molecular weight excluding hydrogens is 150 g/mol. The number of rotatable bonds is 1. The predicted octanol–water partition coefficient (Wildman–Crippen LogP) is 1.90. The third kappa shape index (κ3) is 2.23. The summed E-state index contributed by atoms with van der Waals surface area (Å²) in [6.45, 7) is 5.45. The molecular formula is C10H19NO. The summed E-state index contributed by atoms with van der Waals surface area (Å²) in [6.07, 6.45) is 3.01. The minimum Gasteiger partial charge on any atom is -0.346 e.